The van der Waals surface area contributed by atoms with Crippen LogP contribution in [-0.4, -0.2) is 27.6 Å². The van der Waals surface area contributed by atoms with Crippen LogP contribution >= 0.6 is 11.5 Å². The molecule has 0 bridgehead atoms. The monoisotopic (exact) mass is 474 g/mol. The van der Waals surface area contributed by atoms with Crippen molar-refractivity contribution >= 4 is 26.7 Å². The standard InChI is InChI=1S/C19H12F2N6O3S2/c1-27-16(4-5-24-27)14-7-12(20)2-3-17(14)30-18-11(9-22)6-13(8-15(18)21)32(28,29)26-19-23-10-25-31-19/h2-8,10H,1H3,(H,23,25,26). The quantitative estimate of drug-likeness (QED) is 0.452. The Bertz CT molecular complexity index is 1450. The third-order valence-corrected chi connectivity index (χ3v) is 6.31. The van der Waals surface area contributed by atoms with Crippen LogP contribution in [0, 0.1) is 23.0 Å². The molecule has 0 saturated carbocycles. The molecule has 2 aromatic heterocycles. The molecule has 0 aliphatic rings. The van der Waals surface area contributed by atoms with Crippen molar-refractivity contribution in [2.75, 3.05) is 4.72 Å². The molecule has 9 nitrogen and oxygen atoms in total. The van der Waals surface area contributed by atoms with Gasteiger partial charge in [-0.1, -0.05) is 0 Å². The number of anilines is 1. The topological polar surface area (TPSA) is 123 Å². The molecule has 0 atom stereocenters. The Hall–Kier alpha value is -3.89. The molecule has 32 heavy (non-hydrogen) atoms. The molecule has 1 N–H and O–H groups in total. The van der Waals surface area contributed by atoms with E-state index in [9.17, 15) is 22.5 Å². The van der Waals surface area contributed by atoms with Gasteiger partial charge in [-0.05, 0) is 36.4 Å². The maximum Gasteiger partial charge on any atom is 0.263 e. The van der Waals surface area contributed by atoms with Crippen molar-refractivity contribution in [2.45, 2.75) is 4.90 Å². The second-order valence-electron chi connectivity index (χ2n) is 6.33. The van der Waals surface area contributed by atoms with E-state index in [1.54, 1.807) is 19.2 Å². The summed E-state index contributed by atoms with van der Waals surface area (Å²) in [7, 11) is -2.60. The van der Waals surface area contributed by atoms with Crippen LogP contribution < -0.4 is 9.46 Å². The second-order valence-corrected chi connectivity index (χ2v) is 8.79. The van der Waals surface area contributed by atoms with E-state index < -0.39 is 32.3 Å². The Balaban J connectivity index is 1.75. The smallest absolute Gasteiger partial charge is 0.263 e. The number of nitrogens with one attached hydrogen (secondary N) is 1. The summed E-state index contributed by atoms with van der Waals surface area (Å²) in [6.45, 7) is 0. The number of hydrogen-bond donors (Lipinski definition) is 1. The molecule has 4 rings (SSSR count). The van der Waals surface area contributed by atoms with E-state index in [1.165, 1.54) is 23.0 Å². The van der Waals surface area contributed by atoms with Gasteiger partial charge >= 0.3 is 0 Å². The fourth-order valence-electron chi connectivity index (χ4n) is 2.84. The van der Waals surface area contributed by atoms with Crippen molar-refractivity contribution in [2.24, 2.45) is 7.05 Å². The van der Waals surface area contributed by atoms with Crippen LogP contribution in [0.3, 0.4) is 0 Å². The van der Waals surface area contributed by atoms with Gasteiger partial charge < -0.3 is 4.74 Å². The molecule has 13 heteroatoms. The van der Waals surface area contributed by atoms with Crippen molar-refractivity contribution in [3.05, 3.63) is 66.1 Å². The highest BCUT2D eigenvalue weighted by molar-refractivity contribution is 7.93. The van der Waals surface area contributed by atoms with Gasteiger partial charge in [-0.3, -0.25) is 9.40 Å². The molecule has 0 amide bonds. The van der Waals surface area contributed by atoms with E-state index in [4.69, 9.17) is 4.74 Å². The van der Waals surface area contributed by atoms with Crippen LogP contribution in [-0.2, 0) is 17.1 Å². The molecule has 2 heterocycles. The van der Waals surface area contributed by atoms with Crippen LogP contribution in [0.5, 0.6) is 11.5 Å². The van der Waals surface area contributed by atoms with E-state index >= 15 is 0 Å². The lowest BCUT2D eigenvalue weighted by Gasteiger charge is -2.14. The van der Waals surface area contributed by atoms with Crippen molar-refractivity contribution in [3.63, 3.8) is 0 Å². The fourth-order valence-corrected chi connectivity index (χ4v) is 4.54. The predicted octanol–water partition coefficient (Wildman–Crippen LogP) is 3.68. The number of halogens is 2. The van der Waals surface area contributed by atoms with Crippen LogP contribution in [0.4, 0.5) is 13.9 Å². The largest absolute Gasteiger partial charge is 0.452 e. The molecule has 0 aliphatic heterocycles. The maximum atomic E-state index is 14.9. The van der Waals surface area contributed by atoms with Gasteiger partial charge in [0, 0.05) is 30.3 Å². The van der Waals surface area contributed by atoms with Crippen LogP contribution in [0.15, 0.2) is 53.8 Å². The maximum absolute atomic E-state index is 14.9. The molecule has 162 valence electrons. The SMILES string of the molecule is Cn1nccc1-c1cc(F)ccc1Oc1c(F)cc(S(=O)(=O)Nc2ncns2)cc1C#N. The van der Waals surface area contributed by atoms with Gasteiger partial charge in [-0.25, -0.2) is 22.2 Å². The number of hydrogen-bond acceptors (Lipinski definition) is 8. The first-order chi connectivity index (χ1) is 15.3. The molecule has 0 spiro atoms. The summed E-state index contributed by atoms with van der Waals surface area (Å²) in [5.74, 6) is -2.11. The summed E-state index contributed by atoms with van der Waals surface area (Å²) in [5.41, 5.74) is 0.379. The summed E-state index contributed by atoms with van der Waals surface area (Å²) in [4.78, 5) is 3.21. The number of benzene rings is 2. The van der Waals surface area contributed by atoms with E-state index in [-0.39, 0.29) is 22.0 Å². The lowest BCUT2D eigenvalue weighted by Crippen LogP contribution is -2.13. The minimum Gasteiger partial charge on any atom is -0.452 e. The van der Waals surface area contributed by atoms with E-state index in [1.807, 2.05) is 0 Å². The Labute approximate surface area is 184 Å². The minimum atomic E-state index is -4.23. The molecular formula is C19H12F2N6O3S2. The Morgan fingerprint density at radius 1 is 1.22 bits per heavy atom. The van der Waals surface area contributed by atoms with Crippen LogP contribution in [0.2, 0.25) is 0 Å². The highest BCUT2D eigenvalue weighted by atomic mass is 32.2. The Kier molecular flexibility index (Phi) is 5.56. The normalized spacial score (nSPS) is 11.2. The van der Waals surface area contributed by atoms with Gasteiger partial charge in [0.1, 0.15) is 24.0 Å². The summed E-state index contributed by atoms with van der Waals surface area (Å²) in [6.07, 6.45) is 2.65. The number of aromatic nitrogens is 4. The first-order valence-electron chi connectivity index (χ1n) is 8.77. The number of sulfonamides is 1. The average molecular weight is 474 g/mol. The number of nitriles is 1. The lowest BCUT2D eigenvalue weighted by molar-refractivity contribution is 0.439. The van der Waals surface area contributed by atoms with E-state index in [0.717, 1.165) is 30.0 Å². The van der Waals surface area contributed by atoms with Crippen molar-refractivity contribution in [1.29, 1.82) is 5.26 Å². The van der Waals surface area contributed by atoms with Gasteiger partial charge in [-0.2, -0.15) is 14.7 Å². The van der Waals surface area contributed by atoms with Crippen molar-refractivity contribution < 1.29 is 21.9 Å². The molecule has 2 aromatic carbocycles. The van der Waals surface area contributed by atoms with E-state index in [2.05, 4.69) is 19.2 Å². The van der Waals surface area contributed by atoms with Gasteiger partial charge in [0.2, 0.25) is 5.13 Å². The van der Waals surface area contributed by atoms with E-state index in [0.29, 0.717) is 11.8 Å². The number of nitrogens with zero attached hydrogens (tertiary/aromatic N) is 5. The highest BCUT2D eigenvalue weighted by Gasteiger charge is 2.23. The summed E-state index contributed by atoms with van der Waals surface area (Å²) in [6, 6.07) is 8.60. The zero-order valence-corrected chi connectivity index (χ0v) is 17.8. The first kappa shape index (κ1) is 21.3. The molecule has 0 fully saturated rings. The minimum absolute atomic E-state index is 0.0172. The second kappa shape index (κ2) is 8.33. The number of aryl methyl sites for hydroxylation is 1. The molecule has 0 unspecified atom stereocenters. The molecule has 0 radical (unpaired) electrons. The first-order valence-corrected chi connectivity index (χ1v) is 11.0. The molecule has 0 aliphatic carbocycles. The lowest BCUT2D eigenvalue weighted by atomic mass is 10.1. The molecular weight excluding hydrogens is 462 g/mol. The zero-order chi connectivity index (χ0) is 22.9. The third kappa shape index (κ3) is 4.13. The average Bonchev–Trinajstić information content (AvgIpc) is 3.41. The fraction of sp³-hybridized carbons (Fsp3) is 0.0526. The Morgan fingerprint density at radius 2 is 2.03 bits per heavy atom. The highest BCUT2D eigenvalue weighted by Crippen LogP contribution is 2.37. The number of ether oxygens (including phenoxy) is 1. The summed E-state index contributed by atoms with van der Waals surface area (Å²) < 4.78 is 66.8. The predicted molar refractivity (Wildman–Crippen MR) is 111 cm³/mol. The summed E-state index contributed by atoms with van der Waals surface area (Å²) in [5, 5.41) is 13.5. The molecule has 4 aromatic rings. The third-order valence-electron chi connectivity index (χ3n) is 4.28. The van der Waals surface area contributed by atoms with Gasteiger partial charge in [0.25, 0.3) is 10.0 Å². The van der Waals surface area contributed by atoms with Crippen LogP contribution in [0.1, 0.15) is 5.56 Å². The summed E-state index contributed by atoms with van der Waals surface area (Å²) >= 11 is 0.794. The number of rotatable bonds is 6. The van der Waals surface area contributed by atoms with Crippen molar-refractivity contribution in [3.8, 4) is 28.8 Å². The van der Waals surface area contributed by atoms with Gasteiger partial charge in [-0.15, -0.1) is 0 Å². The Morgan fingerprint density at radius 3 is 2.69 bits per heavy atom. The van der Waals surface area contributed by atoms with Gasteiger partial charge in [0.05, 0.1) is 16.2 Å². The van der Waals surface area contributed by atoms with Crippen LogP contribution in [0.25, 0.3) is 11.3 Å². The van der Waals surface area contributed by atoms with Crippen molar-refractivity contribution in [1.82, 2.24) is 19.1 Å². The zero-order valence-electron chi connectivity index (χ0n) is 16.2. The van der Waals surface area contributed by atoms with Gasteiger partial charge in [0.15, 0.2) is 11.6 Å². The molecule has 0 saturated heterocycles.